The molecule has 2 heterocycles. The van der Waals surface area contributed by atoms with Gasteiger partial charge >= 0.3 is 0 Å². The van der Waals surface area contributed by atoms with Gasteiger partial charge in [-0.05, 0) is 35.9 Å². The van der Waals surface area contributed by atoms with E-state index in [0.717, 1.165) is 4.90 Å². The summed E-state index contributed by atoms with van der Waals surface area (Å²) in [6.45, 7) is 0.0606. The molecule has 7 nitrogen and oxygen atoms in total. The molecule has 2 amide bonds. The minimum absolute atomic E-state index is 0.0518. The van der Waals surface area contributed by atoms with E-state index in [-0.39, 0.29) is 28.3 Å². The van der Waals surface area contributed by atoms with Crippen LogP contribution in [0.5, 0.6) is 0 Å². The average molecular weight is 393 g/mol. The molecule has 0 aliphatic carbocycles. The van der Waals surface area contributed by atoms with Gasteiger partial charge in [0, 0.05) is 12.4 Å². The van der Waals surface area contributed by atoms with Crippen molar-refractivity contribution in [2.75, 3.05) is 4.72 Å². The van der Waals surface area contributed by atoms with Crippen molar-refractivity contribution in [2.24, 2.45) is 0 Å². The van der Waals surface area contributed by atoms with E-state index in [2.05, 4.69) is 9.71 Å². The molecule has 0 bridgehead atoms. The van der Waals surface area contributed by atoms with E-state index in [1.165, 1.54) is 24.3 Å². The third-order valence-corrected chi connectivity index (χ3v) is 5.74. The molecule has 1 aromatic heterocycles. The molecule has 1 N–H and O–H groups in total. The van der Waals surface area contributed by atoms with Crippen molar-refractivity contribution in [1.29, 1.82) is 0 Å². The highest BCUT2D eigenvalue weighted by Gasteiger charge is 2.38. The van der Waals surface area contributed by atoms with Gasteiger partial charge in [0.2, 0.25) is 0 Å². The first-order valence-corrected chi connectivity index (χ1v) is 9.92. The summed E-state index contributed by atoms with van der Waals surface area (Å²) in [4.78, 5) is 30.7. The van der Waals surface area contributed by atoms with Gasteiger partial charge in [0.1, 0.15) is 0 Å². The Kier molecular flexibility index (Phi) is 4.40. The number of nitrogens with zero attached hydrogens (tertiary/aromatic N) is 2. The number of hydrogen-bond acceptors (Lipinski definition) is 5. The lowest BCUT2D eigenvalue weighted by molar-refractivity contribution is 0.0642. The molecule has 0 fully saturated rings. The number of carbonyl (C=O) groups is 2. The Hall–Kier alpha value is -3.52. The van der Waals surface area contributed by atoms with Crippen LogP contribution >= 0.6 is 0 Å². The van der Waals surface area contributed by atoms with Crippen LogP contribution in [0.3, 0.4) is 0 Å². The molecule has 8 heteroatoms. The van der Waals surface area contributed by atoms with Crippen LogP contribution in [-0.4, -0.2) is 30.1 Å². The fourth-order valence-electron chi connectivity index (χ4n) is 3.04. The Morgan fingerprint density at radius 2 is 1.68 bits per heavy atom. The van der Waals surface area contributed by atoms with Gasteiger partial charge < -0.3 is 0 Å². The number of anilines is 1. The molecular weight excluding hydrogens is 378 g/mol. The van der Waals surface area contributed by atoms with Gasteiger partial charge in [-0.3, -0.25) is 24.2 Å². The van der Waals surface area contributed by atoms with Crippen molar-refractivity contribution in [3.8, 4) is 0 Å². The fraction of sp³-hybridized carbons (Fsp3) is 0.0500. The number of amides is 2. The molecule has 1 aliphatic heterocycles. The minimum Gasteiger partial charge on any atom is -0.279 e. The maximum atomic E-state index is 12.9. The molecule has 0 unspecified atom stereocenters. The molecule has 4 rings (SSSR count). The SMILES string of the molecule is O=C1c2cccc(NS(=O)(=O)c3ccccc3)c2C(=O)N1Cc1cccnc1. The predicted octanol–water partition coefficient (Wildman–Crippen LogP) is 2.68. The number of hydrogen-bond donors (Lipinski definition) is 1. The largest absolute Gasteiger partial charge is 0.279 e. The summed E-state index contributed by atoms with van der Waals surface area (Å²) in [5.74, 6) is -1.01. The van der Waals surface area contributed by atoms with E-state index >= 15 is 0 Å². The van der Waals surface area contributed by atoms with Gasteiger partial charge in [-0.1, -0.05) is 30.3 Å². The second-order valence-corrected chi connectivity index (χ2v) is 7.89. The summed E-state index contributed by atoms with van der Waals surface area (Å²) >= 11 is 0. The summed E-state index contributed by atoms with van der Waals surface area (Å²) < 4.78 is 27.7. The normalized spacial score (nSPS) is 13.5. The van der Waals surface area contributed by atoms with Crippen molar-refractivity contribution in [1.82, 2.24) is 9.88 Å². The summed E-state index contributed by atoms with van der Waals surface area (Å²) in [5, 5.41) is 0. The topological polar surface area (TPSA) is 96.4 Å². The molecule has 0 saturated carbocycles. The van der Waals surface area contributed by atoms with Crippen LogP contribution < -0.4 is 4.72 Å². The van der Waals surface area contributed by atoms with E-state index < -0.39 is 21.8 Å². The van der Waals surface area contributed by atoms with E-state index in [1.54, 1.807) is 48.8 Å². The van der Waals surface area contributed by atoms with Crippen molar-refractivity contribution < 1.29 is 18.0 Å². The number of aromatic nitrogens is 1. The van der Waals surface area contributed by atoms with Crippen LogP contribution in [0.25, 0.3) is 0 Å². The van der Waals surface area contributed by atoms with Crippen molar-refractivity contribution in [3.05, 3.63) is 89.7 Å². The van der Waals surface area contributed by atoms with Crippen LogP contribution in [0.2, 0.25) is 0 Å². The number of nitrogens with one attached hydrogen (secondary N) is 1. The first-order valence-electron chi connectivity index (χ1n) is 8.43. The highest BCUT2D eigenvalue weighted by molar-refractivity contribution is 7.92. The fourth-order valence-corrected chi connectivity index (χ4v) is 4.13. The Bertz CT molecular complexity index is 1160. The third kappa shape index (κ3) is 3.14. The highest BCUT2D eigenvalue weighted by atomic mass is 32.2. The molecule has 0 spiro atoms. The first-order chi connectivity index (χ1) is 13.5. The summed E-state index contributed by atoms with van der Waals surface area (Å²) in [5.41, 5.74) is 0.995. The predicted molar refractivity (Wildman–Crippen MR) is 102 cm³/mol. The van der Waals surface area contributed by atoms with Gasteiger partial charge in [-0.2, -0.15) is 0 Å². The molecule has 2 aromatic carbocycles. The van der Waals surface area contributed by atoms with Crippen LogP contribution in [-0.2, 0) is 16.6 Å². The molecule has 0 saturated heterocycles. The Labute approximate surface area is 161 Å². The van der Waals surface area contributed by atoms with Gasteiger partial charge in [-0.25, -0.2) is 8.42 Å². The second kappa shape index (κ2) is 6.90. The van der Waals surface area contributed by atoms with Gasteiger partial charge in [0.15, 0.2) is 0 Å². The van der Waals surface area contributed by atoms with E-state index in [1.807, 2.05) is 0 Å². The highest BCUT2D eigenvalue weighted by Crippen LogP contribution is 2.31. The molecule has 28 heavy (non-hydrogen) atoms. The molecule has 0 atom stereocenters. The van der Waals surface area contributed by atoms with Gasteiger partial charge in [0.25, 0.3) is 21.8 Å². The number of fused-ring (bicyclic) bond motifs is 1. The Balaban J connectivity index is 1.68. The summed E-state index contributed by atoms with van der Waals surface area (Å²) in [7, 11) is -3.89. The monoisotopic (exact) mass is 393 g/mol. The maximum Gasteiger partial charge on any atom is 0.264 e. The quantitative estimate of drug-likeness (QED) is 0.672. The molecule has 3 aromatic rings. The van der Waals surface area contributed by atoms with Crippen LogP contribution in [0.15, 0.2) is 78.0 Å². The Morgan fingerprint density at radius 1 is 0.893 bits per heavy atom. The lowest BCUT2D eigenvalue weighted by Crippen LogP contribution is -2.29. The number of sulfonamides is 1. The van der Waals surface area contributed by atoms with Crippen LogP contribution in [0, 0.1) is 0 Å². The lowest BCUT2D eigenvalue weighted by atomic mass is 10.1. The Morgan fingerprint density at radius 3 is 2.39 bits per heavy atom. The summed E-state index contributed by atoms with van der Waals surface area (Å²) in [6.07, 6.45) is 3.17. The van der Waals surface area contributed by atoms with E-state index in [9.17, 15) is 18.0 Å². The molecule has 140 valence electrons. The first kappa shape index (κ1) is 17.9. The van der Waals surface area contributed by atoms with Crippen molar-refractivity contribution >= 4 is 27.5 Å². The molecule has 0 radical (unpaired) electrons. The van der Waals surface area contributed by atoms with E-state index in [4.69, 9.17) is 0 Å². The van der Waals surface area contributed by atoms with Gasteiger partial charge in [-0.15, -0.1) is 0 Å². The van der Waals surface area contributed by atoms with Crippen LogP contribution in [0.1, 0.15) is 26.3 Å². The van der Waals surface area contributed by atoms with Crippen LogP contribution in [0.4, 0.5) is 5.69 Å². The van der Waals surface area contributed by atoms with E-state index in [0.29, 0.717) is 5.56 Å². The smallest absolute Gasteiger partial charge is 0.264 e. The maximum absolute atomic E-state index is 12.9. The number of imide groups is 1. The number of pyridine rings is 1. The third-order valence-electron chi connectivity index (χ3n) is 4.36. The number of carbonyl (C=O) groups excluding carboxylic acids is 2. The zero-order valence-electron chi connectivity index (χ0n) is 14.6. The van der Waals surface area contributed by atoms with Gasteiger partial charge in [0.05, 0.1) is 28.3 Å². The zero-order chi connectivity index (χ0) is 19.7. The van der Waals surface area contributed by atoms with Crippen molar-refractivity contribution in [2.45, 2.75) is 11.4 Å². The standard InChI is InChI=1S/C20H15N3O4S/c24-19-16-9-4-10-17(22-28(26,27)15-7-2-1-3-8-15)18(16)20(25)23(19)13-14-6-5-11-21-12-14/h1-12,22H,13H2. The van der Waals surface area contributed by atoms with Crippen molar-refractivity contribution in [3.63, 3.8) is 0 Å². The zero-order valence-corrected chi connectivity index (χ0v) is 15.4. The lowest BCUT2D eigenvalue weighted by Gasteiger charge is -2.14. The number of benzene rings is 2. The molecular formula is C20H15N3O4S. The average Bonchev–Trinajstić information content (AvgIpc) is 2.95. The summed E-state index contributed by atoms with van der Waals surface area (Å²) in [6, 6.07) is 15.8. The second-order valence-electron chi connectivity index (χ2n) is 6.20. The molecule has 1 aliphatic rings. The minimum atomic E-state index is -3.89. The number of rotatable bonds is 5.